The summed E-state index contributed by atoms with van der Waals surface area (Å²) in [6.07, 6.45) is 0. The highest BCUT2D eigenvalue weighted by Crippen LogP contribution is 2.28. The van der Waals surface area contributed by atoms with E-state index in [-0.39, 0.29) is 5.91 Å². The minimum Gasteiger partial charge on any atom is -0.497 e. The van der Waals surface area contributed by atoms with Crippen LogP contribution in [0.25, 0.3) is 0 Å². The van der Waals surface area contributed by atoms with E-state index in [2.05, 4.69) is 17.4 Å². The van der Waals surface area contributed by atoms with Gasteiger partial charge in [0.15, 0.2) is 0 Å². The van der Waals surface area contributed by atoms with Gasteiger partial charge in [-0.1, -0.05) is 30.0 Å². The lowest BCUT2D eigenvalue weighted by molar-refractivity contribution is 0.102. The Kier molecular flexibility index (Phi) is 5.18. The minimum atomic E-state index is -0.138. The molecule has 0 saturated carbocycles. The molecule has 3 rings (SSSR count). The second-order valence-electron chi connectivity index (χ2n) is 5.12. The van der Waals surface area contributed by atoms with E-state index >= 15 is 0 Å². The van der Waals surface area contributed by atoms with Crippen molar-refractivity contribution >= 4 is 23.4 Å². The summed E-state index contributed by atoms with van der Waals surface area (Å²) < 4.78 is 5.10. The fourth-order valence-electron chi connectivity index (χ4n) is 2.18. The summed E-state index contributed by atoms with van der Waals surface area (Å²) in [5.41, 5.74) is 1.37. The number of methoxy groups -OCH3 is 1. The lowest BCUT2D eigenvalue weighted by Gasteiger charge is -2.07. The smallest absolute Gasteiger partial charge is 0.255 e. The summed E-state index contributed by atoms with van der Waals surface area (Å²) in [5.74, 6) is 0.593. The monoisotopic (exact) mass is 335 g/mol. The summed E-state index contributed by atoms with van der Waals surface area (Å²) in [6, 6.07) is 25.0. The molecule has 1 N–H and O–H groups in total. The molecule has 4 heteroatoms. The molecule has 0 aliphatic carbocycles. The second-order valence-corrected chi connectivity index (χ2v) is 6.27. The van der Waals surface area contributed by atoms with E-state index in [9.17, 15) is 4.79 Å². The largest absolute Gasteiger partial charge is 0.497 e. The quantitative estimate of drug-likeness (QED) is 0.705. The van der Waals surface area contributed by atoms with Crippen molar-refractivity contribution in [2.45, 2.75) is 9.79 Å². The lowest BCUT2D eigenvalue weighted by Crippen LogP contribution is -2.11. The Bertz CT molecular complexity index is 799. The number of carbonyl (C=O) groups is 1. The van der Waals surface area contributed by atoms with Gasteiger partial charge >= 0.3 is 0 Å². The molecule has 0 heterocycles. The van der Waals surface area contributed by atoms with E-state index < -0.39 is 0 Å². The van der Waals surface area contributed by atoms with Crippen molar-refractivity contribution in [2.75, 3.05) is 12.4 Å². The highest BCUT2D eigenvalue weighted by molar-refractivity contribution is 7.99. The molecule has 3 nitrogen and oxygen atoms in total. The van der Waals surface area contributed by atoms with Crippen LogP contribution >= 0.6 is 11.8 Å². The highest BCUT2D eigenvalue weighted by Gasteiger charge is 2.06. The molecule has 120 valence electrons. The summed E-state index contributed by atoms with van der Waals surface area (Å²) in [5, 5.41) is 2.90. The standard InChI is InChI=1S/C20H17NO2S/c1-23-17-11-7-15(8-12-17)20(22)21-16-9-13-19(14-10-16)24-18-5-3-2-4-6-18/h2-14H,1H3,(H,21,22). The lowest BCUT2D eigenvalue weighted by atomic mass is 10.2. The molecule has 24 heavy (non-hydrogen) atoms. The van der Waals surface area contributed by atoms with Gasteiger partial charge < -0.3 is 10.1 Å². The average molecular weight is 335 g/mol. The van der Waals surface area contributed by atoms with Crippen LogP contribution in [0.15, 0.2) is 88.7 Å². The number of hydrogen-bond donors (Lipinski definition) is 1. The van der Waals surface area contributed by atoms with Gasteiger partial charge in [0.05, 0.1) is 7.11 Å². The van der Waals surface area contributed by atoms with Crippen LogP contribution in [0.2, 0.25) is 0 Å². The summed E-state index contributed by atoms with van der Waals surface area (Å²) in [7, 11) is 1.60. The van der Waals surface area contributed by atoms with E-state index in [0.717, 1.165) is 16.3 Å². The number of amides is 1. The van der Waals surface area contributed by atoms with Crippen LogP contribution in [0.3, 0.4) is 0 Å². The topological polar surface area (TPSA) is 38.3 Å². The van der Waals surface area contributed by atoms with Gasteiger partial charge in [-0.2, -0.15) is 0 Å². The minimum absolute atomic E-state index is 0.138. The molecule has 0 spiro atoms. The van der Waals surface area contributed by atoms with Crippen LogP contribution in [0.4, 0.5) is 5.69 Å². The number of rotatable bonds is 5. The molecule has 0 aromatic heterocycles. The maximum absolute atomic E-state index is 12.2. The van der Waals surface area contributed by atoms with Crippen LogP contribution < -0.4 is 10.1 Å². The van der Waals surface area contributed by atoms with Gasteiger partial charge in [-0.25, -0.2) is 0 Å². The van der Waals surface area contributed by atoms with Gasteiger partial charge in [0.25, 0.3) is 5.91 Å². The average Bonchev–Trinajstić information content (AvgIpc) is 2.64. The molecule has 0 saturated heterocycles. The van der Waals surface area contributed by atoms with E-state index in [1.165, 1.54) is 4.90 Å². The van der Waals surface area contributed by atoms with Gasteiger partial charge in [-0.3, -0.25) is 4.79 Å². The predicted molar refractivity (Wildman–Crippen MR) is 98.0 cm³/mol. The normalized spacial score (nSPS) is 10.2. The molecule has 1 amide bonds. The van der Waals surface area contributed by atoms with E-state index in [0.29, 0.717) is 5.56 Å². The van der Waals surface area contributed by atoms with Gasteiger partial charge in [0, 0.05) is 21.0 Å². The molecule has 0 aliphatic heterocycles. The molecule has 3 aromatic rings. The van der Waals surface area contributed by atoms with Crippen LogP contribution in [-0.4, -0.2) is 13.0 Å². The fourth-order valence-corrected chi connectivity index (χ4v) is 3.01. The molecule has 0 bridgehead atoms. The van der Waals surface area contributed by atoms with E-state index in [1.807, 2.05) is 42.5 Å². The maximum Gasteiger partial charge on any atom is 0.255 e. The first-order chi connectivity index (χ1) is 11.7. The van der Waals surface area contributed by atoms with Gasteiger partial charge in [-0.15, -0.1) is 0 Å². The second kappa shape index (κ2) is 7.70. The Morgan fingerprint density at radius 3 is 2.08 bits per heavy atom. The Hall–Kier alpha value is -2.72. The van der Waals surface area contributed by atoms with Crippen molar-refractivity contribution in [2.24, 2.45) is 0 Å². The number of ether oxygens (including phenoxy) is 1. The number of nitrogens with one attached hydrogen (secondary N) is 1. The molecule has 0 fully saturated rings. The van der Waals surface area contributed by atoms with Crippen molar-refractivity contribution in [1.82, 2.24) is 0 Å². The Morgan fingerprint density at radius 2 is 1.46 bits per heavy atom. The third-order valence-corrected chi connectivity index (χ3v) is 4.46. The number of benzene rings is 3. The summed E-state index contributed by atoms with van der Waals surface area (Å²) in [4.78, 5) is 14.5. The summed E-state index contributed by atoms with van der Waals surface area (Å²) >= 11 is 1.69. The summed E-state index contributed by atoms with van der Waals surface area (Å²) in [6.45, 7) is 0. The zero-order valence-electron chi connectivity index (χ0n) is 13.2. The zero-order valence-corrected chi connectivity index (χ0v) is 14.0. The van der Waals surface area contributed by atoms with Gasteiger partial charge in [0.2, 0.25) is 0 Å². The van der Waals surface area contributed by atoms with Gasteiger partial charge in [-0.05, 0) is 60.7 Å². The third kappa shape index (κ3) is 4.18. The highest BCUT2D eigenvalue weighted by atomic mass is 32.2. The van der Waals surface area contributed by atoms with Crippen molar-refractivity contribution < 1.29 is 9.53 Å². The molecule has 0 aliphatic rings. The van der Waals surface area contributed by atoms with E-state index in [1.54, 1.807) is 43.1 Å². The Balaban J connectivity index is 1.64. The zero-order chi connectivity index (χ0) is 16.8. The first-order valence-electron chi connectivity index (χ1n) is 7.53. The number of hydrogen-bond acceptors (Lipinski definition) is 3. The first kappa shape index (κ1) is 16.1. The SMILES string of the molecule is COc1ccc(C(=O)Nc2ccc(Sc3ccccc3)cc2)cc1. The fraction of sp³-hybridized carbons (Fsp3) is 0.0500. The molecule has 3 aromatic carbocycles. The van der Waals surface area contributed by atoms with Crippen molar-refractivity contribution in [1.29, 1.82) is 0 Å². The van der Waals surface area contributed by atoms with Crippen LogP contribution in [0.1, 0.15) is 10.4 Å². The van der Waals surface area contributed by atoms with Crippen molar-refractivity contribution in [3.8, 4) is 5.75 Å². The number of anilines is 1. The van der Waals surface area contributed by atoms with Crippen LogP contribution in [-0.2, 0) is 0 Å². The molecule has 0 unspecified atom stereocenters. The molecule has 0 radical (unpaired) electrons. The molecule has 0 atom stereocenters. The Labute approximate surface area is 145 Å². The van der Waals surface area contributed by atoms with Crippen LogP contribution in [0.5, 0.6) is 5.75 Å². The maximum atomic E-state index is 12.2. The predicted octanol–water partition coefficient (Wildman–Crippen LogP) is 5.10. The molecular formula is C20H17NO2S. The van der Waals surface area contributed by atoms with Crippen molar-refractivity contribution in [3.63, 3.8) is 0 Å². The first-order valence-corrected chi connectivity index (χ1v) is 8.34. The van der Waals surface area contributed by atoms with Crippen molar-refractivity contribution in [3.05, 3.63) is 84.4 Å². The van der Waals surface area contributed by atoms with Crippen LogP contribution in [0, 0.1) is 0 Å². The molecular weight excluding hydrogens is 318 g/mol. The third-order valence-electron chi connectivity index (χ3n) is 3.44. The number of carbonyl (C=O) groups excluding carboxylic acids is 1. The Morgan fingerprint density at radius 1 is 0.833 bits per heavy atom. The van der Waals surface area contributed by atoms with E-state index in [4.69, 9.17) is 4.74 Å². The van der Waals surface area contributed by atoms with Gasteiger partial charge in [0.1, 0.15) is 5.75 Å².